The number of carbonyl (C=O) groups is 2. The summed E-state index contributed by atoms with van der Waals surface area (Å²) in [4.78, 5) is 24.4. The molecule has 0 aliphatic heterocycles. The number of anilines is 1. The number of ether oxygens (including phenoxy) is 2. The van der Waals surface area contributed by atoms with Crippen LogP contribution in [0.15, 0.2) is 42.5 Å². The number of benzene rings is 2. The van der Waals surface area contributed by atoms with Crippen molar-refractivity contribution in [1.29, 1.82) is 0 Å². The number of nitrogens with one attached hydrogen (secondary N) is 1. The molecule has 3 aromatic rings. The van der Waals surface area contributed by atoms with E-state index in [4.69, 9.17) is 9.47 Å². The zero-order valence-electron chi connectivity index (χ0n) is 15.2. The number of halogens is 1. The average Bonchev–Trinajstić information content (AvgIpc) is 2.87. The van der Waals surface area contributed by atoms with Crippen LogP contribution in [0.2, 0.25) is 0 Å². The summed E-state index contributed by atoms with van der Waals surface area (Å²) in [6.45, 7) is 3.84. The number of hydrogen-bond donors (Lipinski definition) is 1. The molecule has 0 aliphatic carbocycles. The summed E-state index contributed by atoms with van der Waals surface area (Å²) in [7, 11) is 1.85. The van der Waals surface area contributed by atoms with Gasteiger partial charge in [-0.05, 0) is 56.3 Å². The molecule has 0 atom stereocenters. The molecule has 0 saturated heterocycles. The molecule has 1 aromatic heterocycles. The van der Waals surface area contributed by atoms with Gasteiger partial charge in [0.25, 0.3) is 0 Å². The standard InChI is InChI=1S/C20H19FN2O4/c1-4-26-19(24)18-12(2)23(3)17-10-9-15(11-16(17)18)27-20(25)22-14-7-5-13(21)6-8-14/h5-11H,4H2,1-3H3,(H,22,25). The smallest absolute Gasteiger partial charge is 0.417 e. The van der Waals surface area contributed by atoms with Crippen LogP contribution in [0.4, 0.5) is 14.9 Å². The molecule has 140 valence electrons. The van der Waals surface area contributed by atoms with Crippen LogP contribution in [-0.4, -0.2) is 23.2 Å². The van der Waals surface area contributed by atoms with Gasteiger partial charge < -0.3 is 14.0 Å². The van der Waals surface area contributed by atoms with Gasteiger partial charge in [0.15, 0.2) is 0 Å². The van der Waals surface area contributed by atoms with E-state index in [0.29, 0.717) is 16.6 Å². The molecule has 0 fully saturated rings. The monoisotopic (exact) mass is 370 g/mol. The molecule has 2 aromatic carbocycles. The van der Waals surface area contributed by atoms with Gasteiger partial charge in [-0.1, -0.05) is 0 Å². The Morgan fingerprint density at radius 1 is 1.15 bits per heavy atom. The molecule has 0 bridgehead atoms. The zero-order valence-corrected chi connectivity index (χ0v) is 15.2. The van der Waals surface area contributed by atoms with Crippen molar-refractivity contribution in [2.75, 3.05) is 11.9 Å². The average molecular weight is 370 g/mol. The highest BCUT2D eigenvalue weighted by atomic mass is 19.1. The molecule has 3 rings (SSSR count). The molecule has 27 heavy (non-hydrogen) atoms. The summed E-state index contributed by atoms with van der Waals surface area (Å²) in [6.07, 6.45) is -0.716. The summed E-state index contributed by atoms with van der Waals surface area (Å²) in [5, 5.41) is 3.15. The molecular weight excluding hydrogens is 351 g/mol. The Labute approximate surface area is 155 Å². The normalized spacial score (nSPS) is 10.7. The van der Waals surface area contributed by atoms with Gasteiger partial charge in [-0.25, -0.2) is 14.0 Å². The number of aromatic nitrogens is 1. The third-order valence-corrected chi connectivity index (χ3v) is 4.24. The minimum absolute atomic E-state index is 0.269. The van der Waals surface area contributed by atoms with Gasteiger partial charge in [0, 0.05) is 29.3 Å². The Balaban J connectivity index is 1.87. The number of amides is 1. The molecule has 1 N–H and O–H groups in total. The van der Waals surface area contributed by atoms with Crippen molar-refractivity contribution < 1.29 is 23.5 Å². The fourth-order valence-electron chi connectivity index (χ4n) is 2.86. The number of rotatable bonds is 4. The second kappa shape index (κ2) is 7.49. The highest BCUT2D eigenvalue weighted by Crippen LogP contribution is 2.29. The maximum Gasteiger partial charge on any atom is 0.417 e. The Bertz CT molecular complexity index is 1010. The lowest BCUT2D eigenvalue weighted by atomic mass is 10.1. The molecule has 0 spiro atoms. The van der Waals surface area contributed by atoms with Crippen molar-refractivity contribution in [3.8, 4) is 5.75 Å². The van der Waals surface area contributed by atoms with Gasteiger partial charge in [0.1, 0.15) is 11.6 Å². The quantitative estimate of drug-likeness (QED) is 0.691. The lowest BCUT2D eigenvalue weighted by molar-refractivity contribution is 0.0527. The van der Waals surface area contributed by atoms with E-state index >= 15 is 0 Å². The molecular formula is C20H19FN2O4. The minimum atomic E-state index is -0.716. The van der Waals surface area contributed by atoms with Gasteiger partial charge in [-0.15, -0.1) is 0 Å². The number of nitrogens with zero attached hydrogens (tertiary/aromatic N) is 1. The number of fused-ring (bicyclic) bond motifs is 1. The fraction of sp³-hybridized carbons (Fsp3) is 0.200. The summed E-state index contributed by atoms with van der Waals surface area (Å²) >= 11 is 0. The third-order valence-electron chi connectivity index (χ3n) is 4.24. The van der Waals surface area contributed by atoms with Crippen LogP contribution in [0.25, 0.3) is 10.9 Å². The molecule has 0 radical (unpaired) electrons. The van der Waals surface area contributed by atoms with E-state index in [0.717, 1.165) is 11.2 Å². The van der Waals surface area contributed by atoms with Crippen LogP contribution in [-0.2, 0) is 11.8 Å². The van der Waals surface area contributed by atoms with E-state index < -0.39 is 17.9 Å². The Kier molecular flexibility index (Phi) is 5.12. The van der Waals surface area contributed by atoms with E-state index in [1.165, 1.54) is 24.3 Å². The minimum Gasteiger partial charge on any atom is -0.462 e. The number of esters is 1. The van der Waals surface area contributed by atoms with Crippen LogP contribution < -0.4 is 10.1 Å². The summed E-state index contributed by atoms with van der Waals surface area (Å²) in [5.41, 5.74) is 2.43. The van der Waals surface area contributed by atoms with E-state index in [-0.39, 0.29) is 12.4 Å². The lowest BCUT2D eigenvalue weighted by Gasteiger charge is -2.07. The van der Waals surface area contributed by atoms with Crippen molar-refractivity contribution in [3.63, 3.8) is 0 Å². The van der Waals surface area contributed by atoms with E-state index in [9.17, 15) is 14.0 Å². The first kappa shape index (κ1) is 18.4. The van der Waals surface area contributed by atoms with Crippen molar-refractivity contribution in [3.05, 3.63) is 59.5 Å². The van der Waals surface area contributed by atoms with Crippen LogP contribution in [0, 0.1) is 12.7 Å². The molecule has 7 heteroatoms. The number of hydrogen-bond acceptors (Lipinski definition) is 4. The topological polar surface area (TPSA) is 69.6 Å². The maximum atomic E-state index is 12.9. The van der Waals surface area contributed by atoms with E-state index in [1.54, 1.807) is 25.1 Å². The van der Waals surface area contributed by atoms with E-state index in [2.05, 4.69) is 5.32 Å². The first-order valence-corrected chi connectivity index (χ1v) is 8.41. The fourth-order valence-corrected chi connectivity index (χ4v) is 2.86. The molecule has 0 saturated carbocycles. The van der Waals surface area contributed by atoms with Gasteiger partial charge in [0.05, 0.1) is 12.2 Å². The highest BCUT2D eigenvalue weighted by Gasteiger charge is 2.20. The summed E-state index contributed by atoms with van der Waals surface area (Å²) in [6, 6.07) is 10.4. The SMILES string of the molecule is CCOC(=O)c1c(C)n(C)c2ccc(OC(=O)Nc3ccc(F)cc3)cc12. The van der Waals surface area contributed by atoms with Gasteiger partial charge >= 0.3 is 12.1 Å². The molecule has 0 unspecified atom stereocenters. The largest absolute Gasteiger partial charge is 0.462 e. The van der Waals surface area contributed by atoms with E-state index in [1.807, 2.05) is 18.5 Å². The lowest BCUT2D eigenvalue weighted by Crippen LogP contribution is -2.16. The first-order chi connectivity index (χ1) is 12.9. The van der Waals surface area contributed by atoms with Crippen molar-refractivity contribution >= 4 is 28.7 Å². The van der Waals surface area contributed by atoms with Gasteiger partial charge in [0.2, 0.25) is 0 Å². The van der Waals surface area contributed by atoms with Gasteiger partial charge in [-0.2, -0.15) is 0 Å². The van der Waals surface area contributed by atoms with Crippen molar-refractivity contribution in [1.82, 2.24) is 4.57 Å². The predicted octanol–water partition coefficient (Wildman–Crippen LogP) is 4.41. The Morgan fingerprint density at radius 2 is 1.85 bits per heavy atom. The van der Waals surface area contributed by atoms with Crippen LogP contribution >= 0.6 is 0 Å². The van der Waals surface area contributed by atoms with Crippen molar-refractivity contribution in [2.24, 2.45) is 7.05 Å². The summed E-state index contributed by atoms with van der Waals surface area (Å²) in [5.74, 6) is -0.544. The Morgan fingerprint density at radius 3 is 2.52 bits per heavy atom. The number of aryl methyl sites for hydroxylation is 1. The van der Waals surface area contributed by atoms with Crippen LogP contribution in [0.1, 0.15) is 23.0 Å². The van der Waals surface area contributed by atoms with Crippen LogP contribution in [0.3, 0.4) is 0 Å². The number of carbonyl (C=O) groups excluding carboxylic acids is 2. The second-order valence-electron chi connectivity index (χ2n) is 5.94. The van der Waals surface area contributed by atoms with Crippen LogP contribution in [0.5, 0.6) is 5.75 Å². The molecule has 1 heterocycles. The molecule has 6 nitrogen and oxygen atoms in total. The highest BCUT2D eigenvalue weighted by molar-refractivity contribution is 6.06. The van der Waals surface area contributed by atoms with Crippen molar-refractivity contribution in [2.45, 2.75) is 13.8 Å². The molecule has 1 amide bonds. The Hall–Kier alpha value is -3.35. The second-order valence-corrected chi connectivity index (χ2v) is 5.94. The zero-order chi connectivity index (χ0) is 19.6. The maximum absolute atomic E-state index is 12.9. The summed E-state index contributed by atoms with van der Waals surface area (Å²) < 4.78 is 25.2. The third kappa shape index (κ3) is 3.76. The first-order valence-electron chi connectivity index (χ1n) is 8.41. The van der Waals surface area contributed by atoms with Gasteiger partial charge in [-0.3, -0.25) is 5.32 Å². The predicted molar refractivity (Wildman–Crippen MR) is 99.7 cm³/mol. The molecule has 0 aliphatic rings.